The number of hydrogen-bond donors (Lipinski definition) is 2. The van der Waals surface area contributed by atoms with Gasteiger partial charge in [0.25, 0.3) is 0 Å². The molecule has 1 saturated carbocycles. The lowest BCUT2D eigenvalue weighted by atomic mass is 9.79. The van der Waals surface area contributed by atoms with Crippen LogP contribution in [0, 0.1) is 0 Å². The van der Waals surface area contributed by atoms with Gasteiger partial charge in [0.1, 0.15) is 5.82 Å². The van der Waals surface area contributed by atoms with Crippen LogP contribution in [0.5, 0.6) is 0 Å². The first-order valence-electron chi connectivity index (χ1n) is 10.9. The SMILES string of the molecule is COC(=O)C1(c2ccc(Nc3nc4c(c(NC(C)(C)C)n3)CCC4)cc2)CCCC1. The number of methoxy groups -OCH3 is 1. The number of anilines is 3. The van der Waals surface area contributed by atoms with Crippen LogP contribution in [0.4, 0.5) is 17.5 Å². The number of rotatable bonds is 5. The van der Waals surface area contributed by atoms with E-state index in [-0.39, 0.29) is 11.5 Å². The number of benzene rings is 1. The Labute approximate surface area is 178 Å². The first kappa shape index (κ1) is 20.6. The molecule has 30 heavy (non-hydrogen) atoms. The zero-order valence-corrected chi connectivity index (χ0v) is 18.5. The van der Waals surface area contributed by atoms with Gasteiger partial charge in [0.15, 0.2) is 0 Å². The molecule has 160 valence electrons. The lowest BCUT2D eigenvalue weighted by Crippen LogP contribution is -2.33. The van der Waals surface area contributed by atoms with Gasteiger partial charge in [0.2, 0.25) is 5.95 Å². The molecule has 0 radical (unpaired) electrons. The lowest BCUT2D eigenvalue weighted by Gasteiger charge is -2.26. The Kier molecular flexibility index (Phi) is 5.43. The van der Waals surface area contributed by atoms with E-state index < -0.39 is 5.41 Å². The molecule has 2 aliphatic carbocycles. The van der Waals surface area contributed by atoms with Gasteiger partial charge in [-0.1, -0.05) is 25.0 Å². The normalized spacial score (nSPS) is 17.5. The van der Waals surface area contributed by atoms with Gasteiger partial charge < -0.3 is 15.4 Å². The average molecular weight is 409 g/mol. The number of nitrogens with one attached hydrogen (secondary N) is 2. The maximum absolute atomic E-state index is 12.5. The van der Waals surface area contributed by atoms with Gasteiger partial charge in [-0.15, -0.1) is 0 Å². The quantitative estimate of drug-likeness (QED) is 0.685. The summed E-state index contributed by atoms with van der Waals surface area (Å²) in [5.74, 6) is 1.42. The predicted octanol–water partition coefficient (Wildman–Crippen LogP) is 4.90. The molecular formula is C24H32N4O2. The summed E-state index contributed by atoms with van der Waals surface area (Å²) in [7, 11) is 1.48. The van der Waals surface area contributed by atoms with E-state index in [1.54, 1.807) is 0 Å². The van der Waals surface area contributed by atoms with Crippen LogP contribution in [-0.4, -0.2) is 28.6 Å². The van der Waals surface area contributed by atoms with Crippen molar-refractivity contribution in [1.82, 2.24) is 9.97 Å². The Morgan fingerprint density at radius 3 is 2.37 bits per heavy atom. The number of esters is 1. The van der Waals surface area contributed by atoms with E-state index in [9.17, 15) is 4.79 Å². The second-order valence-corrected chi connectivity index (χ2v) is 9.53. The topological polar surface area (TPSA) is 76.1 Å². The number of hydrogen-bond acceptors (Lipinski definition) is 6. The Bertz CT molecular complexity index is 925. The van der Waals surface area contributed by atoms with Crippen LogP contribution in [0.1, 0.15) is 69.7 Å². The molecule has 2 N–H and O–H groups in total. The number of nitrogens with zero attached hydrogens (tertiary/aromatic N) is 2. The molecule has 1 heterocycles. The van der Waals surface area contributed by atoms with Crippen LogP contribution >= 0.6 is 0 Å². The second-order valence-electron chi connectivity index (χ2n) is 9.53. The van der Waals surface area contributed by atoms with Gasteiger partial charge >= 0.3 is 5.97 Å². The summed E-state index contributed by atoms with van der Waals surface area (Å²) in [6.45, 7) is 6.42. The molecule has 1 aromatic carbocycles. The smallest absolute Gasteiger partial charge is 0.316 e. The number of ether oxygens (including phenoxy) is 1. The van der Waals surface area contributed by atoms with E-state index in [1.807, 2.05) is 24.3 Å². The van der Waals surface area contributed by atoms with Crippen molar-refractivity contribution in [3.05, 3.63) is 41.1 Å². The van der Waals surface area contributed by atoms with E-state index in [0.717, 1.165) is 67.7 Å². The van der Waals surface area contributed by atoms with Crippen LogP contribution in [0.25, 0.3) is 0 Å². The average Bonchev–Trinajstić information content (AvgIpc) is 3.37. The standard InChI is InChI=1S/C24H32N4O2/c1-23(2,3)28-20-18-8-7-9-19(18)26-22(27-20)25-17-12-10-16(11-13-17)24(21(29)30-4)14-5-6-15-24/h10-13H,5-9,14-15H2,1-4H3,(H2,25,26,27,28). The van der Waals surface area contributed by atoms with Crippen LogP contribution in [0.3, 0.4) is 0 Å². The zero-order valence-electron chi connectivity index (χ0n) is 18.5. The van der Waals surface area contributed by atoms with Crippen LogP contribution in [0.2, 0.25) is 0 Å². The molecule has 0 saturated heterocycles. The van der Waals surface area contributed by atoms with Gasteiger partial charge in [-0.25, -0.2) is 4.98 Å². The molecular weight excluding hydrogens is 376 g/mol. The Morgan fingerprint density at radius 2 is 1.73 bits per heavy atom. The van der Waals surface area contributed by atoms with Crippen LogP contribution in [0.15, 0.2) is 24.3 Å². The van der Waals surface area contributed by atoms with Gasteiger partial charge in [-0.2, -0.15) is 4.98 Å². The maximum atomic E-state index is 12.5. The van der Waals surface area contributed by atoms with Crippen molar-refractivity contribution < 1.29 is 9.53 Å². The minimum atomic E-state index is -0.499. The van der Waals surface area contributed by atoms with Crippen molar-refractivity contribution in [3.8, 4) is 0 Å². The summed E-state index contributed by atoms with van der Waals surface area (Å²) >= 11 is 0. The molecule has 2 aromatic rings. The molecule has 0 bridgehead atoms. The van der Waals surface area contributed by atoms with E-state index >= 15 is 0 Å². The Balaban J connectivity index is 1.58. The summed E-state index contributed by atoms with van der Waals surface area (Å²) in [5, 5.41) is 6.89. The zero-order chi connectivity index (χ0) is 21.4. The van der Waals surface area contributed by atoms with Gasteiger partial charge in [0, 0.05) is 16.8 Å². The van der Waals surface area contributed by atoms with Crippen LogP contribution in [-0.2, 0) is 27.8 Å². The highest BCUT2D eigenvalue weighted by molar-refractivity contribution is 5.83. The maximum Gasteiger partial charge on any atom is 0.316 e. The summed E-state index contributed by atoms with van der Waals surface area (Å²) in [6.07, 6.45) is 6.95. The molecule has 4 rings (SSSR count). The van der Waals surface area contributed by atoms with E-state index in [0.29, 0.717) is 5.95 Å². The molecule has 0 spiro atoms. The molecule has 2 aliphatic rings. The third kappa shape index (κ3) is 4.00. The van der Waals surface area contributed by atoms with Crippen molar-refractivity contribution >= 4 is 23.4 Å². The fraction of sp³-hybridized carbons (Fsp3) is 0.542. The summed E-state index contributed by atoms with van der Waals surface area (Å²) in [4.78, 5) is 22.0. The Morgan fingerprint density at radius 1 is 1.03 bits per heavy atom. The molecule has 1 fully saturated rings. The summed E-state index contributed by atoms with van der Waals surface area (Å²) < 4.78 is 5.13. The number of fused-ring (bicyclic) bond motifs is 1. The van der Waals surface area contributed by atoms with Crippen molar-refractivity contribution in [1.29, 1.82) is 0 Å². The van der Waals surface area contributed by atoms with E-state index in [4.69, 9.17) is 14.7 Å². The number of aromatic nitrogens is 2. The molecule has 6 heteroatoms. The minimum absolute atomic E-state index is 0.0624. The monoisotopic (exact) mass is 408 g/mol. The van der Waals surface area contributed by atoms with Gasteiger partial charge in [0.05, 0.1) is 18.2 Å². The largest absolute Gasteiger partial charge is 0.468 e. The lowest BCUT2D eigenvalue weighted by molar-refractivity contribution is -0.147. The third-order valence-electron chi connectivity index (χ3n) is 6.15. The Hall–Kier alpha value is -2.63. The van der Waals surface area contributed by atoms with Crippen LogP contribution < -0.4 is 10.6 Å². The van der Waals surface area contributed by atoms with Crippen molar-refractivity contribution in [2.75, 3.05) is 17.7 Å². The van der Waals surface area contributed by atoms with E-state index in [1.165, 1.54) is 12.7 Å². The minimum Gasteiger partial charge on any atom is -0.468 e. The highest BCUT2D eigenvalue weighted by Crippen LogP contribution is 2.42. The predicted molar refractivity (Wildman–Crippen MR) is 119 cm³/mol. The molecule has 1 aromatic heterocycles. The molecule has 0 amide bonds. The molecule has 0 aliphatic heterocycles. The molecule has 0 unspecified atom stereocenters. The second kappa shape index (κ2) is 7.89. The highest BCUT2D eigenvalue weighted by Gasteiger charge is 2.43. The van der Waals surface area contributed by atoms with Gasteiger partial charge in [-0.3, -0.25) is 4.79 Å². The summed E-state index contributed by atoms with van der Waals surface area (Å²) in [6, 6.07) is 8.08. The third-order valence-corrected chi connectivity index (χ3v) is 6.15. The molecule has 6 nitrogen and oxygen atoms in total. The van der Waals surface area contributed by atoms with E-state index in [2.05, 4.69) is 31.4 Å². The fourth-order valence-electron chi connectivity index (χ4n) is 4.73. The molecule has 0 atom stereocenters. The highest BCUT2D eigenvalue weighted by atomic mass is 16.5. The first-order valence-corrected chi connectivity index (χ1v) is 10.9. The van der Waals surface area contributed by atoms with Gasteiger partial charge in [-0.05, 0) is 70.6 Å². The summed E-state index contributed by atoms with van der Waals surface area (Å²) in [5.41, 5.74) is 3.76. The van der Waals surface area contributed by atoms with Crippen molar-refractivity contribution in [2.24, 2.45) is 0 Å². The van der Waals surface area contributed by atoms with Crippen molar-refractivity contribution in [2.45, 2.75) is 76.7 Å². The van der Waals surface area contributed by atoms with Crippen molar-refractivity contribution in [3.63, 3.8) is 0 Å². The number of carbonyl (C=O) groups excluding carboxylic acids is 1. The first-order chi connectivity index (χ1) is 14.3. The number of carbonyl (C=O) groups is 1. The number of aryl methyl sites for hydroxylation is 1. The fourth-order valence-corrected chi connectivity index (χ4v) is 4.73.